The number of aryl methyl sites for hydroxylation is 1. The number of amides is 1. The molecule has 0 aliphatic rings. The van der Waals surface area contributed by atoms with Gasteiger partial charge in [0.15, 0.2) is 0 Å². The topological polar surface area (TPSA) is 77.2 Å². The molecule has 0 spiro atoms. The lowest BCUT2D eigenvalue weighted by Gasteiger charge is -2.08. The standard InChI is InChI=1S/C20H20FN3O3/c1-26-17-9-5-2-6-14(17)12-13-22-18(25)10-11-19-23-20(24-27-19)15-7-3-4-8-16(15)21/h2-9H,10-13H2,1H3,(H,22,25). The fraction of sp³-hybridized carbons (Fsp3) is 0.250. The van der Waals surface area contributed by atoms with Crippen LogP contribution in [0.5, 0.6) is 5.75 Å². The summed E-state index contributed by atoms with van der Waals surface area (Å²) >= 11 is 0. The predicted molar refractivity (Wildman–Crippen MR) is 97.7 cm³/mol. The molecular formula is C20H20FN3O3. The third-order valence-electron chi connectivity index (χ3n) is 4.06. The van der Waals surface area contributed by atoms with E-state index in [2.05, 4.69) is 15.5 Å². The van der Waals surface area contributed by atoms with Crippen LogP contribution in [-0.2, 0) is 17.6 Å². The summed E-state index contributed by atoms with van der Waals surface area (Å²) in [5.74, 6) is 0.751. The quantitative estimate of drug-likeness (QED) is 0.660. The average molecular weight is 369 g/mol. The lowest BCUT2D eigenvalue weighted by atomic mass is 10.1. The van der Waals surface area contributed by atoms with E-state index in [9.17, 15) is 9.18 Å². The Morgan fingerprint density at radius 3 is 2.74 bits per heavy atom. The predicted octanol–water partition coefficient (Wildman–Crippen LogP) is 3.18. The van der Waals surface area contributed by atoms with Crippen LogP contribution in [0.4, 0.5) is 4.39 Å². The van der Waals surface area contributed by atoms with Crippen LogP contribution in [0.25, 0.3) is 11.4 Å². The molecule has 0 fully saturated rings. The third-order valence-corrected chi connectivity index (χ3v) is 4.06. The monoisotopic (exact) mass is 369 g/mol. The molecule has 0 saturated heterocycles. The summed E-state index contributed by atoms with van der Waals surface area (Å²) in [7, 11) is 1.62. The van der Waals surface area contributed by atoms with Gasteiger partial charge in [-0.25, -0.2) is 4.39 Å². The lowest BCUT2D eigenvalue weighted by molar-refractivity contribution is -0.121. The van der Waals surface area contributed by atoms with Crippen LogP contribution in [0.2, 0.25) is 0 Å². The Labute approximate surface area is 156 Å². The highest BCUT2D eigenvalue weighted by atomic mass is 19.1. The molecule has 0 saturated carbocycles. The van der Waals surface area contributed by atoms with Crippen molar-refractivity contribution in [3.8, 4) is 17.1 Å². The molecule has 27 heavy (non-hydrogen) atoms. The van der Waals surface area contributed by atoms with E-state index in [0.717, 1.165) is 11.3 Å². The first-order valence-electron chi connectivity index (χ1n) is 8.63. The Kier molecular flexibility index (Phi) is 6.14. The molecule has 140 valence electrons. The van der Waals surface area contributed by atoms with Gasteiger partial charge in [-0.2, -0.15) is 4.98 Å². The first kappa shape index (κ1) is 18.6. The molecule has 1 heterocycles. The summed E-state index contributed by atoms with van der Waals surface area (Å²) in [4.78, 5) is 16.1. The van der Waals surface area contributed by atoms with Crippen LogP contribution >= 0.6 is 0 Å². The number of rotatable bonds is 8. The zero-order chi connectivity index (χ0) is 19.1. The van der Waals surface area contributed by atoms with Gasteiger partial charge in [0.1, 0.15) is 11.6 Å². The summed E-state index contributed by atoms with van der Waals surface area (Å²) in [6, 6.07) is 13.9. The van der Waals surface area contributed by atoms with Gasteiger partial charge in [-0.1, -0.05) is 35.5 Å². The van der Waals surface area contributed by atoms with E-state index in [1.807, 2.05) is 24.3 Å². The summed E-state index contributed by atoms with van der Waals surface area (Å²) in [5, 5.41) is 6.63. The van der Waals surface area contributed by atoms with Crippen LogP contribution in [0.1, 0.15) is 17.9 Å². The minimum absolute atomic E-state index is 0.115. The number of nitrogens with zero attached hydrogens (tertiary/aromatic N) is 2. The van der Waals surface area contributed by atoms with Crippen molar-refractivity contribution in [2.75, 3.05) is 13.7 Å². The maximum Gasteiger partial charge on any atom is 0.227 e. The van der Waals surface area contributed by atoms with Gasteiger partial charge in [0.2, 0.25) is 17.6 Å². The number of methoxy groups -OCH3 is 1. The SMILES string of the molecule is COc1ccccc1CCNC(=O)CCc1nc(-c2ccccc2F)no1. The second-order valence-corrected chi connectivity index (χ2v) is 5.90. The Morgan fingerprint density at radius 1 is 1.15 bits per heavy atom. The van der Waals surface area contributed by atoms with Crippen molar-refractivity contribution in [1.29, 1.82) is 0 Å². The molecule has 6 nitrogen and oxygen atoms in total. The molecule has 3 aromatic rings. The second-order valence-electron chi connectivity index (χ2n) is 5.90. The van der Waals surface area contributed by atoms with E-state index >= 15 is 0 Å². The highest BCUT2D eigenvalue weighted by Gasteiger charge is 2.13. The summed E-state index contributed by atoms with van der Waals surface area (Å²) in [6.07, 6.45) is 1.18. The minimum atomic E-state index is -0.418. The van der Waals surface area contributed by atoms with Crippen molar-refractivity contribution in [2.24, 2.45) is 0 Å². The minimum Gasteiger partial charge on any atom is -0.496 e. The first-order valence-corrected chi connectivity index (χ1v) is 8.63. The lowest BCUT2D eigenvalue weighted by Crippen LogP contribution is -2.26. The van der Waals surface area contributed by atoms with Gasteiger partial charge in [0, 0.05) is 19.4 Å². The number of ether oxygens (including phenoxy) is 1. The maximum absolute atomic E-state index is 13.7. The van der Waals surface area contributed by atoms with Gasteiger partial charge >= 0.3 is 0 Å². The molecule has 0 aliphatic heterocycles. The molecule has 0 unspecified atom stereocenters. The highest BCUT2D eigenvalue weighted by Crippen LogP contribution is 2.19. The highest BCUT2D eigenvalue weighted by molar-refractivity contribution is 5.76. The van der Waals surface area contributed by atoms with E-state index in [1.54, 1.807) is 25.3 Å². The molecule has 1 aromatic heterocycles. The number of halogens is 1. The summed E-state index contributed by atoms with van der Waals surface area (Å²) in [5.41, 5.74) is 1.31. The van der Waals surface area contributed by atoms with E-state index in [0.29, 0.717) is 25.3 Å². The van der Waals surface area contributed by atoms with Crippen molar-refractivity contribution in [2.45, 2.75) is 19.3 Å². The fourth-order valence-electron chi connectivity index (χ4n) is 2.66. The number of aromatic nitrogens is 2. The van der Waals surface area contributed by atoms with Crippen molar-refractivity contribution >= 4 is 5.91 Å². The number of para-hydroxylation sites is 1. The molecule has 1 amide bonds. The third kappa shape index (κ3) is 4.91. The maximum atomic E-state index is 13.7. The summed E-state index contributed by atoms with van der Waals surface area (Å²) in [6.45, 7) is 0.503. The molecule has 3 rings (SSSR count). The number of nitrogens with one attached hydrogen (secondary N) is 1. The number of hydrogen-bond acceptors (Lipinski definition) is 5. The van der Waals surface area contributed by atoms with Crippen LogP contribution < -0.4 is 10.1 Å². The number of carbonyl (C=O) groups excluding carboxylic acids is 1. The zero-order valence-corrected chi connectivity index (χ0v) is 14.9. The van der Waals surface area contributed by atoms with Gasteiger partial charge in [0.25, 0.3) is 0 Å². The van der Waals surface area contributed by atoms with Crippen molar-refractivity contribution < 1.29 is 18.4 Å². The van der Waals surface area contributed by atoms with Gasteiger partial charge in [-0.3, -0.25) is 4.79 Å². The van der Waals surface area contributed by atoms with Gasteiger partial charge < -0.3 is 14.6 Å². The van der Waals surface area contributed by atoms with Crippen LogP contribution in [0, 0.1) is 5.82 Å². The van der Waals surface area contributed by atoms with Gasteiger partial charge in [-0.15, -0.1) is 0 Å². The first-order chi connectivity index (χ1) is 13.2. The smallest absolute Gasteiger partial charge is 0.227 e. The molecule has 0 aliphatic carbocycles. The van der Waals surface area contributed by atoms with Gasteiger partial charge in [0.05, 0.1) is 12.7 Å². The molecule has 0 radical (unpaired) electrons. The molecule has 7 heteroatoms. The molecule has 0 bridgehead atoms. The zero-order valence-electron chi connectivity index (χ0n) is 14.9. The Bertz CT molecular complexity index is 911. The van der Waals surface area contributed by atoms with Crippen LogP contribution in [0.15, 0.2) is 53.1 Å². The fourth-order valence-corrected chi connectivity index (χ4v) is 2.66. The molecule has 1 N–H and O–H groups in total. The van der Waals surface area contributed by atoms with E-state index < -0.39 is 5.82 Å². The van der Waals surface area contributed by atoms with Crippen LogP contribution in [0.3, 0.4) is 0 Å². The molecule has 0 atom stereocenters. The average Bonchev–Trinajstić information content (AvgIpc) is 3.16. The normalized spacial score (nSPS) is 10.6. The molecule has 2 aromatic carbocycles. The van der Waals surface area contributed by atoms with Crippen LogP contribution in [-0.4, -0.2) is 29.7 Å². The molecular weight excluding hydrogens is 349 g/mol. The van der Waals surface area contributed by atoms with Crippen molar-refractivity contribution in [3.05, 3.63) is 65.8 Å². The van der Waals surface area contributed by atoms with E-state index in [1.165, 1.54) is 6.07 Å². The largest absolute Gasteiger partial charge is 0.496 e. The Morgan fingerprint density at radius 2 is 1.93 bits per heavy atom. The Hall–Kier alpha value is -3.22. The van der Waals surface area contributed by atoms with Crippen molar-refractivity contribution in [1.82, 2.24) is 15.5 Å². The summed E-state index contributed by atoms with van der Waals surface area (Å²) < 4.78 is 24.1. The Balaban J connectivity index is 1.46. The van der Waals surface area contributed by atoms with E-state index in [-0.39, 0.29) is 23.7 Å². The van der Waals surface area contributed by atoms with E-state index in [4.69, 9.17) is 9.26 Å². The van der Waals surface area contributed by atoms with Gasteiger partial charge in [-0.05, 0) is 30.2 Å². The number of carbonyl (C=O) groups is 1. The number of hydrogen-bond donors (Lipinski definition) is 1. The second kappa shape index (κ2) is 8.93. The number of benzene rings is 2. The van der Waals surface area contributed by atoms with Crippen molar-refractivity contribution in [3.63, 3.8) is 0 Å².